The highest BCUT2D eigenvalue weighted by atomic mass is 16.7. The molecule has 8 heteroatoms. The van der Waals surface area contributed by atoms with E-state index in [2.05, 4.69) is 0 Å². The number of benzene rings is 3. The van der Waals surface area contributed by atoms with Gasteiger partial charge >= 0.3 is 11.9 Å². The van der Waals surface area contributed by atoms with E-state index in [1.54, 1.807) is 42.5 Å². The van der Waals surface area contributed by atoms with Gasteiger partial charge in [-0.15, -0.1) is 0 Å². The van der Waals surface area contributed by atoms with E-state index in [0.717, 1.165) is 0 Å². The van der Waals surface area contributed by atoms with Crippen LogP contribution < -0.4 is 23.7 Å². The zero-order valence-corrected chi connectivity index (χ0v) is 17.3. The van der Waals surface area contributed by atoms with E-state index in [4.69, 9.17) is 28.4 Å². The second-order valence-corrected chi connectivity index (χ2v) is 7.05. The van der Waals surface area contributed by atoms with Crippen molar-refractivity contribution in [2.75, 3.05) is 21.0 Å². The Kier molecular flexibility index (Phi) is 4.82. The maximum atomic E-state index is 13.3. The summed E-state index contributed by atoms with van der Waals surface area (Å²) in [6.07, 6.45) is 0. The number of cyclic esters (lactones) is 1. The first-order valence-corrected chi connectivity index (χ1v) is 9.77. The third-order valence-electron chi connectivity index (χ3n) is 5.31. The quantitative estimate of drug-likeness (QED) is 0.442. The van der Waals surface area contributed by atoms with Gasteiger partial charge in [0.25, 0.3) is 0 Å². The predicted octanol–water partition coefficient (Wildman–Crippen LogP) is 3.99. The molecule has 0 atom stereocenters. The van der Waals surface area contributed by atoms with Crippen LogP contribution >= 0.6 is 0 Å². The highest BCUT2D eigenvalue weighted by molar-refractivity contribution is 6.06. The Bertz CT molecular complexity index is 1250. The van der Waals surface area contributed by atoms with E-state index < -0.39 is 11.9 Å². The summed E-state index contributed by atoms with van der Waals surface area (Å²) in [5.41, 5.74) is 1.65. The van der Waals surface area contributed by atoms with Gasteiger partial charge in [-0.1, -0.05) is 18.2 Å². The molecule has 0 unspecified atom stereocenters. The van der Waals surface area contributed by atoms with E-state index in [9.17, 15) is 9.59 Å². The summed E-state index contributed by atoms with van der Waals surface area (Å²) < 4.78 is 33.3. The maximum absolute atomic E-state index is 13.3. The molecule has 2 heterocycles. The van der Waals surface area contributed by atoms with E-state index in [0.29, 0.717) is 45.4 Å². The van der Waals surface area contributed by atoms with E-state index >= 15 is 0 Å². The first-order valence-electron chi connectivity index (χ1n) is 9.77. The summed E-state index contributed by atoms with van der Waals surface area (Å²) >= 11 is 0. The van der Waals surface area contributed by atoms with Crippen LogP contribution in [0.5, 0.6) is 28.7 Å². The van der Waals surface area contributed by atoms with Crippen LogP contribution in [0, 0.1) is 0 Å². The molecule has 5 rings (SSSR count). The molecule has 0 N–H and O–H groups in total. The van der Waals surface area contributed by atoms with Gasteiger partial charge in [0.2, 0.25) is 6.79 Å². The molecule has 0 spiro atoms. The monoisotopic (exact) mass is 434 g/mol. The Labute approximate surface area is 183 Å². The minimum Gasteiger partial charge on any atom is -0.493 e. The van der Waals surface area contributed by atoms with Crippen molar-refractivity contribution in [3.05, 3.63) is 65.2 Å². The molecule has 0 amide bonds. The SMILES string of the molecule is COc1cc2c(cc1OC)-c1c(ccc3c1OCO3)C(=O)OCc1ccccc1OC2=O. The molecular formula is C24H18O8. The number of methoxy groups -OCH3 is 2. The first-order chi connectivity index (χ1) is 15.6. The van der Waals surface area contributed by atoms with Gasteiger partial charge in [-0.2, -0.15) is 0 Å². The molecule has 2 aliphatic rings. The van der Waals surface area contributed by atoms with Crippen molar-refractivity contribution in [2.45, 2.75) is 6.61 Å². The summed E-state index contributed by atoms with van der Waals surface area (Å²) in [5.74, 6) is 0.557. The predicted molar refractivity (Wildman–Crippen MR) is 112 cm³/mol. The van der Waals surface area contributed by atoms with Gasteiger partial charge in [0.15, 0.2) is 23.0 Å². The van der Waals surface area contributed by atoms with Crippen LogP contribution in [0.4, 0.5) is 0 Å². The maximum Gasteiger partial charge on any atom is 0.344 e. The van der Waals surface area contributed by atoms with Gasteiger partial charge in [0.05, 0.1) is 25.3 Å². The zero-order chi connectivity index (χ0) is 22.2. The average molecular weight is 434 g/mol. The van der Waals surface area contributed by atoms with Crippen molar-refractivity contribution < 1.29 is 38.0 Å². The number of ether oxygens (including phenoxy) is 6. The summed E-state index contributed by atoms with van der Waals surface area (Å²) in [7, 11) is 2.95. The molecule has 0 fully saturated rings. The Morgan fingerprint density at radius 3 is 2.28 bits per heavy atom. The standard InChI is InChI=1S/C24H18O8/c1-27-19-9-15-16(10-20(19)28-2)24(26)32-17-6-4-3-5-13(17)11-29-23(25)14-7-8-18-22(21(14)15)31-12-30-18/h3-10H,11-12H2,1-2H3. The van der Waals surface area contributed by atoms with Crippen LogP contribution in [0.15, 0.2) is 48.5 Å². The summed E-state index contributed by atoms with van der Waals surface area (Å²) in [6, 6.07) is 13.2. The Morgan fingerprint density at radius 1 is 0.750 bits per heavy atom. The van der Waals surface area contributed by atoms with Crippen LogP contribution in [0.3, 0.4) is 0 Å². The van der Waals surface area contributed by atoms with Crippen molar-refractivity contribution in [3.8, 4) is 39.9 Å². The van der Waals surface area contributed by atoms with Crippen molar-refractivity contribution >= 4 is 11.9 Å². The molecule has 8 nitrogen and oxygen atoms in total. The van der Waals surface area contributed by atoms with Gasteiger partial charge in [0, 0.05) is 16.7 Å². The van der Waals surface area contributed by atoms with Crippen molar-refractivity contribution in [3.63, 3.8) is 0 Å². The second-order valence-electron chi connectivity index (χ2n) is 7.05. The van der Waals surface area contributed by atoms with Gasteiger partial charge < -0.3 is 28.4 Å². The van der Waals surface area contributed by atoms with Crippen LogP contribution in [0.25, 0.3) is 11.1 Å². The molecule has 2 aliphatic heterocycles. The molecule has 3 aromatic rings. The molecule has 0 aliphatic carbocycles. The number of esters is 2. The molecule has 0 aromatic heterocycles. The topological polar surface area (TPSA) is 89.5 Å². The van der Waals surface area contributed by atoms with Crippen molar-refractivity contribution in [1.29, 1.82) is 0 Å². The molecule has 0 radical (unpaired) electrons. The second kappa shape index (κ2) is 7.81. The number of rotatable bonds is 2. The van der Waals surface area contributed by atoms with E-state index in [1.165, 1.54) is 20.3 Å². The fraction of sp³-hybridized carbons (Fsp3) is 0.167. The molecule has 0 saturated heterocycles. The number of fused-ring (bicyclic) bond motifs is 6. The smallest absolute Gasteiger partial charge is 0.344 e. The molecule has 0 bridgehead atoms. The lowest BCUT2D eigenvalue weighted by Gasteiger charge is -2.17. The molecule has 3 aromatic carbocycles. The Morgan fingerprint density at radius 2 is 1.50 bits per heavy atom. The molecule has 0 saturated carbocycles. The lowest BCUT2D eigenvalue weighted by molar-refractivity contribution is 0.0470. The fourth-order valence-corrected chi connectivity index (χ4v) is 3.76. The molecule has 32 heavy (non-hydrogen) atoms. The fourth-order valence-electron chi connectivity index (χ4n) is 3.76. The van der Waals surface area contributed by atoms with Crippen LogP contribution in [-0.2, 0) is 11.3 Å². The summed E-state index contributed by atoms with van der Waals surface area (Å²) in [4.78, 5) is 26.5. The highest BCUT2D eigenvalue weighted by Crippen LogP contribution is 2.47. The number of carbonyl (C=O) groups excluding carboxylic acids is 2. The summed E-state index contributed by atoms with van der Waals surface area (Å²) in [6.45, 7) is -0.0848. The third kappa shape index (κ3) is 3.17. The Hall–Kier alpha value is -4.20. The van der Waals surface area contributed by atoms with E-state index in [-0.39, 0.29) is 24.5 Å². The van der Waals surface area contributed by atoms with Crippen LogP contribution in [0.2, 0.25) is 0 Å². The van der Waals surface area contributed by atoms with Gasteiger partial charge in [0.1, 0.15) is 12.4 Å². The lowest BCUT2D eigenvalue weighted by Crippen LogP contribution is -2.12. The first kappa shape index (κ1) is 19.7. The van der Waals surface area contributed by atoms with Gasteiger partial charge in [-0.05, 0) is 30.3 Å². The number of hydrogen-bond donors (Lipinski definition) is 0. The number of para-hydroxylation sites is 1. The number of carbonyl (C=O) groups is 2. The normalized spacial score (nSPS) is 14.2. The van der Waals surface area contributed by atoms with Gasteiger partial charge in [-0.3, -0.25) is 0 Å². The number of hydrogen-bond acceptors (Lipinski definition) is 8. The van der Waals surface area contributed by atoms with E-state index in [1.807, 2.05) is 0 Å². The van der Waals surface area contributed by atoms with Crippen LogP contribution in [0.1, 0.15) is 26.3 Å². The minimum atomic E-state index is -0.634. The van der Waals surface area contributed by atoms with Crippen molar-refractivity contribution in [2.24, 2.45) is 0 Å². The average Bonchev–Trinajstić information content (AvgIpc) is 3.30. The minimum absolute atomic E-state index is 0.0145. The molecule has 162 valence electrons. The molecular weight excluding hydrogens is 416 g/mol. The largest absolute Gasteiger partial charge is 0.493 e. The highest BCUT2D eigenvalue weighted by Gasteiger charge is 2.31. The lowest BCUT2D eigenvalue weighted by atomic mass is 9.93. The third-order valence-corrected chi connectivity index (χ3v) is 5.31. The van der Waals surface area contributed by atoms with Gasteiger partial charge in [-0.25, -0.2) is 9.59 Å². The Balaban J connectivity index is 1.82. The van der Waals surface area contributed by atoms with Crippen LogP contribution in [-0.4, -0.2) is 33.0 Å². The van der Waals surface area contributed by atoms with Crippen molar-refractivity contribution in [1.82, 2.24) is 0 Å². The zero-order valence-electron chi connectivity index (χ0n) is 17.3. The summed E-state index contributed by atoms with van der Waals surface area (Å²) in [5, 5.41) is 0.